The van der Waals surface area contributed by atoms with Crippen molar-refractivity contribution in [1.82, 2.24) is 9.97 Å². The predicted octanol–water partition coefficient (Wildman–Crippen LogP) is 4.31. The van der Waals surface area contributed by atoms with E-state index in [4.69, 9.17) is 18.9 Å². The molecule has 2 N–H and O–H groups in total. The van der Waals surface area contributed by atoms with Crippen molar-refractivity contribution in [3.8, 4) is 34.0 Å². The minimum atomic E-state index is -2.25. The van der Waals surface area contributed by atoms with Crippen LogP contribution in [-0.2, 0) is 19.2 Å². The van der Waals surface area contributed by atoms with Crippen molar-refractivity contribution in [2.24, 2.45) is 4.36 Å². The Balaban J connectivity index is 1.28. The highest BCUT2D eigenvalue weighted by Gasteiger charge is 2.48. The van der Waals surface area contributed by atoms with Gasteiger partial charge in [-0.3, -0.25) is 0 Å². The van der Waals surface area contributed by atoms with Crippen LogP contribution in [0.1, 0.15) is 0 Å². The number of methoxy groups -OCH3 is 1. The van der Waals surface area contributed by atoms with Gasteiger partial charge in [0.25, 0.3) is 0 Å². The molecule has 0 saturated carbocycles. The second kappa shape index (κ2) is 9.91. The monoisotopic (exact) mass is 553 g/mol. The van der Waals surface area contributed by atoms with Crippen molar-refractivity contribution in [2.75, 3.05) is 32.8 Å². The molecular formula is C28H28FN3O6S. The topological polar surface area (TPSA) is 115 Å². The molecule has 1 unspecified atom stereocenters. The van der Waals surface area contributed by atoms with E-state index in [2.05, 4.69) is 14.3 Å². The maximum atomic E-state index is 15.3. The molecule has 0 amide bonds. The maximum Gasteiger partial charge on any atom is 0.193 e. The quantitative estimate of drug-likeness (QED) is 0.366. The Kier molecular flexibility index (Phi) is 6.54. The van der Waals surface area contributed by atoms with Crippen LogP contribution in [0, 0.1) is 5.82 Å². The van der Waals surface area contributed by atoms with E-state index >= 15 is 4.39 Å². The third kappa shape index (κ3) is 5.10. The first kappa shape index (κ1) is 25.8. The number of nitrogens with zero attached hydrogens (tertiary/aromatic N) is 2. The number of fused-ring (bicyclic) bond motifs is 2. The normalized spacial score (nSPS) is 22.7. The first-order valence-electron chi connectivity index (χ1n) is 12.4. The molecule has 2 aromatic carbocycles. The Labute approximate surface area is 225 Å². The standard InChI is InChI=1S/C28H28FN3O6S/c1-35-23-10-16(15-4-7-17(8-5-15)32-39(2,3)34)6-9-18(23)26-19(29)11-20-21(31-26)12-25(30-20)38-24-14-37-27-22(33)13-36-28(24)27/h4-12,22,24,27-28,30,33H,13-14H2,1-3H3/t22-,24-,27?,28-/m1/s1. The smallest absolute Gasteiger partial charge is 0.193 e. The molecule has 0 aliphatic carbocycles. The third-order valence-corrected chi connectivity index (χ3v) is 7.42. The summed E-state index contributed by atoms with van der Waals surface area (Å²) in [5.74, 6) is 0.366. The Morgan fingerprint density at radius 2 is 1.79 bits per heavy atom. The van der Waals surface area contributed by atoms with Crippen LogP contribution in [-0.4, -0.2) is 76.5 Å². The molecule has 2 aliphatic rings. The Morgan fingerprint density at radius 3 is 2.54 bits per heavy atom. The molecule has 2 aromatic heterocycles. The average Bonchev–Trinajstić information content (AvgIpc) is 3.59. The predicted molar refractivity (Wildman–Crippen MR) is 145 cm³/mol. The van der Waals surface area contributed by atoms with Crippen LogP contribution >= 0.6 is 0 Å². The average molecular weight is 554 g/mol. The summed E-state index contributed by atoms with van der Waals surface area (Å²) in [5, 5.41) is 9.95. The van der Waals surface area contributed by atoms with Gasteiger partial charge < -0.3 is 29.0 Å². The van der Waals surface area contributed by atoms with E-state index in [0.717, 1.165) is 11.1 Å². The lowest BCUT2D eigenvalue weighted by Gasteiger charge is -2.16. The highest BCUT2D eigenvalue weighted by Crippen LogP contribution is 2.37. The number of hydrogen-bond donors (Lipinski definition) is 2. The first-order chi connectivity index (χ1) is 18.7. The summed E-state index contributed by atoms with van der Waals surface area (Å²) in [7, 11) is -0.720. The van der Waals surface area contributed by atoms with Gasteiger partial charge in [-0.1, -0.05) is 18.2 Å². The van der Waals surface area contributed by atoms with Gasteiger partial charge in [-0.25, -0.2) is 13.6 Å². The SMILES string of the molecule is COc1cc(-c2ccc(N=S(C)(C)=O)cc2)ccc1-c1nc2cc(O[C@@H]3COC4[C@H](O)CO[C@@H]43)[nH]c2cc1F. The van der Waals surface area contributed by atoms with Gasteiger partial charge in [0.15, 0.2) is 17.8 Å². The fourth-order valence-corrected chi connectivity index (χ4v) is 5.63. The first-order valence-corrected chi connectivity index (χ1v) is 14.7. The molecule has 0 bridgehead atoms. The van der Waals surface area contributed by atoms with E-state index in [-0.39, 0.29) is 25.0 Å². The van der Waals surface area contributed by atoms with Gasteiger partial charge in [-0.15, -0.1) is 0 Å². The number of aromatic nitrogens is 2. The van der Waals surface area contributed by atoms with E-state index < -0.39 is 33.9 Å². The third-order valence-electron chi connectivity index (χ3n) is 6.77. The zero-order valence-electron chi connectivity index (χ0n) is 21.6. The molecule has 2 fully saturated rings. The Bertz CT molecular complexity index is 1660. The number of aliphatic hydroxyl groups is 1. The molecule has 4 heterocycles. The molecule has 9 nitrogen and oxygen atoms in total. The van der Waals surface area contributed by atoms with Crippen LogP contribution in [0.4, 0.5) is 10.1 Å². The zero-order valence-corrected chi connectivity index (χ0v) is 22.4. The van der Waals surface area contributed by atoms with Crippen LogP contribution < -0.4 is 9.47 Å². The number of rotatable bonds is 6. The summed E-state index contributed by atoms with van der Waals surface area (Å²) in [6, 6.07) is 15.9. The molecule has 39 heavy (non-hydrogen) atoms. The van der Waals surface area contributed by atoms with Crippen molar-refractivity contribution in [1.29, 1.82) is 0 Å². The summed E-state index contributed by atoms with van der Waals surface area (Å²) in [5.41, 5.74) is 4.08. The molecule has 4 aromatic rings. The Morgan fingerprint density at radius 1 is 1.05 bits per heavy atom. The lowest BCUT2D eigenvalue weighted by Crippen LogP contribution is -2.34. The van der Waals surface area contributed by atoms with E-state index in [1.54, 1.807) is 24.6 Å². The number of benzene rings is 2. The van der Waals surface area contributed by atoms with Crippen LogP contribution in [0.15, 0.2) is 59.0 Å². The van der Waals surface area contributed by atoms with E-state index in [9.17, 15) is 9.32 Å². The number of aliphatic hydroxyl groups excluding tert-OH is 1. The minimum absolute atomic E-state index is 0.151. The number of H-pyrrole nitrogens is 1. The molecule has 2 aliphatic heterocycles. The van der Waals surface area contributed by atoms with Crippen LogP contribution in [0.25, 0.3) is 33.4 Å². The molecular weight excluding hydrogens is 525 g/mol. The number of halogens is 1. The van der Waals surface area contributed by atoms with Gasteiger partial charge in [-0.05, 0) is 35.4 Å². The molecule has 11 heteroatoms. The number of ether oxygens (including phenoxy) is 4. The van der Waals surface area contributed by atoms with Crippen molar-refractivity contribution in [3.05, 3.63) is 60.4 Å². The molecule has 0 radical (unpaired) electrons. The van der Waals surface area contributed by atoms with Crippen LogP contribution in [0.2, 0.25) is 0 Å². The number of aromatic amines is 1. The van der Waals surface area contributed by atoms with E-state index in [1.165, 1.54) is 13.2 Å². The fourth-order valence-electron chi connectivity index (χ4n) is 5.00. The highest BCUT2D eigenvalue weighted by molar-refractivity contribution is 7.92. The van der Waals surface area contributed by atoms with E-state index in [1.807, 2.05) is 36.4 Å². The van der Waals surface area contributed by atoms with Gasteiger partial charge in [0.2, 0.25) is 0 Å². The van der Waals surface area contributed by atoms with E-state index in [0.29, 0.717) is 33.9 Å². The fraction of sp³-hybridized carbons (Fsp3) is 0.321. The molecule has 0 spiro atoms. The van der Waals surface area contributed by atoms with Crippen LogP contribution in [0.3, 0.4) is 0 Å². The lowest BCUT2D eigenvalue weighted by molar-refractivity contribution is 0.00794. The van der Waals surface area contributed by atoms with Gasteiger partial charge in [0, 0.05) is 39.9 Å². The van der Waals surface area contributed by atoms with Gasteiger partial charge in [0.1, 0.15) is 29.8 Å². The number of nitrogens with one attached hydrogen (secondary N) is 1. The highest BCUT2D eigenvalue weighted by atomic mass is 32.2. The zero-order chi connectivity index (χ0) is 27.3. The van der Waals surface area contributed by atoms with Crippen LogP contribution in [0.5, 0.6) is 11.6 Å². The largest absolute Gasteiger partial charge is 0.496 e. The maximum absolute atomic E-state index is 15.3. The lowest BCUT2D eigenvalue weighted by atomic mass is 10.0. The van der Waals surface area contributed by atoms with Gasteiger partial charge in [-0.2, -0.15) is 4.36 Å². The minimum Gasteiger partial charge on any atom is -0.496 e. The van der Waals surface area contributed by atoms with Gasteiger partial charge >= 0.3 is 0 Å². The summed E-state index contributed by atoms with van der Waals surface area (Å²) in [6.07, 6.45) is 1.35. The summed E-state index contributed by atoms with van der Waals surface area (Å²) < 4.78 is 54.3. The summed E-state index contributed by atoms with van der Waals surface area (Å²) in [6.45, 7) is 0.494. The van der Waals surface area contributed by atoms with Crippen molar-refractivity contribution in [3.63, 3.8) is 0 Å². The molecule has 6 rings (SSSR count). The second-order valence-electron chi connectivity index (χ2n) is 9.94. The second-order valence-corrected chi connectivity index (χ2v) is 12.5. The summed E-state index contributed by atoms with van der Waals surface area (Å²) in [4.78, 5) is 7.62. The van der Waals surface area contributed by atoms with Crippen molar-refractivity contribution >= 4 is 26.4 Å². The number of hydrogen-bond acceptors (Lipinski definition) is 8. The summed E-state index contributed by atoms with van der Waals surface area (Å²) >= 11 is 0. The van der Waals surface area contributed by atoms with Gasteiger partial charge in [0.05, 0.1) is 37.0 Å². The van der Waals surface area contributed by atoms with Crippen molar-refractivity contribution in [2.45, 2.75) is 24.4 Å². The van der Waals surface area contributed by atoms with Crippen molar-refractivity contribution < 1.29 is 32.7 Å². The number of pyridine rings is 1. The molecule has 4 atom stereocenters. The Hall–Kier alpha value is -3.51. The molecule has 2 saturated heterocycles. The molecule has 204 valence electrons.